The Hall–Kier alpha value is -1.54. The Morgan fingerprint density at radius 2 is 1.95 bits per heavy atom. The van der Waals surface area contributed by atoms with Crippen LogP contribution in [-0.2, 0) is 0 Å². The van der Waals surface area contributed by atoms with E-state index in [4.69, 9.17) is 4.42 Å². The summed E-state index contributed by atoms with van der Waals surface area (Å²) in [4.78, 5) is 0. The van der Waals surface area contributed by atoms with E-state index in [1.165, 1.54) is 31.2 Å². The van der Waals surface area contributed by atoms with E-state index >= 15 is 0 Å². The van der Waals surface area contributed by atoms with Gasteiger partial charge in [0.2, 0.25) is 0 Å². The Morgan fingerprint density at radius 3 is 2.63 bits per heavy atom. The zero-order valence-corrected chi connectivity index (χ0v) is 11.2. The van der Waals surface area contributed by atoms with E-state index < -0.39 is 0 Å². The second-order valence-electron chi connectivity index (χ2n) is 5.40. The van der Waals surface area contributed by atoms with Gasteiger partial charge < -0.3 is 9.73 Å². The van der Waals surface area contributed by atoms with Gasteiger partial charge >= 0.3 is 0 Å². The third-order valence-electron chi connectivity index (χ3n) is 3.80. The topological polar surface area (TPSA) is 25.2 Å². The molecule has 1 fully saturated rings. The third-order valence-corrected chi connectivity index (χ3v) is 3.80. The molecule has 0 bridgehead atoms. The average Bonchev–Trinajstić information content (AvgIpc) is 3.12. The van der Waals surface area contributed by atoms with Gasteiger partial charge in [-0.15, -0.1) is 0 Å². The summed E-state index contributed by atoms with van der Waals surface area (Å²) in [5, 5.41) is 3.63. The van der Waals surface area contributed by atoms with Crippen molar-refractivity contribution in [1.29, 1.82) is 0 Å². The van der Waals surface area contributed by atoms with Crippen molar-refractivity contribution in [2.24, 2.45) is 5.92 Å². The largest absolute Gasteiger partial charge is 0.467 e. The highest BCUT2D eigenvalue weighted by Gasteiger charge is 2.21. The summed E-state index contributed by atoms with van der Waals surface area (Å²) < 4.78 is 5.58. The van der Waals surface area contributed by atoms with Crippen molar-refractivity contribution >= 4 is 0 Å². The Bertz CT molecular complexity index is 473. The maximum atomic E-state index is 5.58. The van der Waals surface area contributed by atoms with Crippen molar-refractivity contribution in [2.45, 2.75) is 31.7 Å². The molecule has 1 saturated carbocycles. The van der Waals surface area contributed by atoms with Crippen LogP contribution in [0.1, 0.15) is 43.0 Å². The Morgan fingerprint density at radius 1 is 1.11 bits per heavy atom. The van der Waals surface area contributed by atoms with Crippen molar-refractivity contribution in [1.82, 2.24) is 5.32 Å². The summed E-state index contributed by atoms with van der Waals surface area (Å²) in [5.74, 6) is 2.01. The van der Waals surface area contributed by atoms with Gasteiger partial charge in [-0.05, 0) is 43.0 Å². The predicted molar refractivity (Wildman–Crippen MR) is 77.0 cm³/mol. The molecule has 0 amide bonds. The third kappa shape index (κ3) is 3.48. The molecule has 0 radical (unpaired) electrons. The van der Waals surface area contributed by atoms with Crippen molar-refractivity contribution in [3.05, 3.63) is 60.1 Å². The standard InChI is InChI=1S/C17H21NO/c1-2-7-15(8-3-1)17(16-9-5-13-19-16)18-12-4-6-14-10-11-14/h1-3,5,7-9,13-14,17-18H,4,6,10-12H2. The molecule has 0 aliphatic heterocycles. The van der Waals surface area contributed by atoms with Gasteiger partial charge in [0.05, 0.1) is 12.3 Å². The highest BCUT2D eigenvalue weighted by atomic mass is 16.3. The van der Waals surface area contributed by atoms with Crippen LogP contribution >= 0.6 is 0 Å². The zero-order valence-electron chi connectivity index (χ0n) is 11.2. The summed E-state index contributed by atoms with van der Waals surface area (Å²) in [6, 6.07) is 14.7. The van der Waals surface area contributed by atoms with E-state index in [-0.39, 0.29) is 6.04 Å². The summed E-state index contributed by atoms with van der Waals surface area (Å²) in [6.45, 7) is 1.05. The monoisotopic (exact) mass is 255 g/mol. The molecule has 19 heavy (non-hydrogen) atoms. The van der Waals surface area contributed by atoms with Crippen LogP contribution < -0.4 is 5.32 Å². The molecule has 100 valence electrons. The number of nitrogens with one attached hydrogen (secondary N) is 1. The molecule has 1 aromatic carbocycles. The Kier molecular flexibility index (Phi) is 3.99. The molecule has 1 aliphatic rings. The van der Waals surface area contributed by atoms with Crippen LogP contribution in [0.3, 0.4) is 0 Å². The fourth-order valence-electron chi connectivity index (χ4n) is 2.53. The van der Waals surface area contributed by atoms with E-state index in [0.29, 0.717) is 0 Å². The van der Waals surface area contributed by atoms with Crippen LogP contribution in [0, 0.1) is 5.92 Å². The predicted octanol–water partition coefficient (Wildman–Crippen LogP) is 4.15. The van der Waals surface area contributed by atoms with Crippen LogP contribution in [-0.4, -0.2) is 6.54 Å². The molecule has 1 aromatic heterocycles. The van der Waals surface area contributed by atoms with Crippen molar-refractivity contribution in [2.75, 3.05) is 6.54 Å². The number of benzene rings is 1. The zero-order chi connectivity index (χ0) is 12.9. The molecule has 0 saturated heterocycles. The molecule has 1 heterocycles. The van der Waals surface area contributed by atoms with Gasteiger partial charge in [0.25, 0.3) is 0 Å². The quantitative estimate of drug-likeness (QED) is 0.752. The molecule has 1 N–H and O–H groups in total. The highest BCUT2D eigenvalue weighted by molar-refractivity contribution is 5.26. The first-order chi connectivity index (χ1) is 9.43. The fraction of sp³-hybridized carbons (Fsp3) is 0.412. The van der Waals surface area contributed by atoms with Crippen molar-refractivity contribution in [3.8, 4) is 0 Å². The molecule has 1 unspecified atom stereocenters. The normalized spacial score (nSPS) is 16.4. The van der Waals surface area contributed by atoms with Crippen molar-refractivity contribution < 1.29 is 4.42 Å². The summed E-state index contributed by atoms with van der Waals surface area (Å²) in [5.41, 5.74) is 1.27. The lowest BCUT2D eigenvalue weighted by Gasteiger charge is -2.17. The summed E-state index contributed by atoms with van der Waals surface area (Å²) in [7, 11) is 0. The first-order valence-electron chi connectivity index (χ1n) is 7.25. The SMILES string of the molecule is c1ccc(C(NCCCC2CC2)c2ccco2)cc1. The van der Waals surface area contributed by atoms with Gasteiger partial charge in [-0.2, -0.15) is 0 Å². The maximum Gasteiger partial charge on any atom is 0.125 e. The van der Waals surface area contributed by atoms with Crippen LogP contribution in [0.5, 0.6) is 0 Å². The molecular weight excluding hydrogens is 234 g/mol. The van der Waals surface area contributed by atoms with Gasteiger partial charge in [-0.3, -0.25) is 0 Å². The van der Waals surface area contributed by atoms with Crippen molar-refractivity contribution in [3.63, 3.8) is 0 Å². The molecule has 2 nitrogen and oxygen atoms in total. The molecule has 1 atom stereocenters. The second kappa shape index (κ2) is 6.07. The summed E-state index contributed by atoms with van der Waals surface area (Å²) in [6.07, 6.45) is 7.26. The van der Waals surface area contributed by atoms with E-state index in [9.17, 15) is 0 Å². The van der Waals surface area contributed by atoms with E-state index in [1.807, 2.05) is 12.1 Å². The van der Waals surface area contributed by atoms with Gasteiger partial charge in [0.15, 0.2) is 0 Å². The van der Waals surface area contributed by atoms with Crippen LogP contribution in [0.25, 0.3) is 0 Å². The maximum absolute atomic E-state index is 5.58. The number of rotatable bonds is 7. The first-order valence-corrected chi connectivity index (χ1v) is 7.25. The smallest absolute Gasteiger partial charge is 0.125 e. The first kappa shape index (κ1) is 12.5. The molecule has 2 heteroatoms. The van der Waals surface area contributed by atoms with E-state index in [0.717, 1.165) is 18.2 Å². The minimum atomic E-state index is 0.176. The molecular formula is C17H21NO. The van der Waals surface area contributed by atoms with Crippen LogP contribution in [0.2, 0.25) is 0 Å². The second-order valence-corrected chi connectivity index (χ2v) is 5.40. The lowest BCUT2D eigenvalue weighted by molar-refractivity contribution is 0.440. The lowest BCUT2D eigenvalue weighted by atomic mass is 10.0. The van der Waals surface area contributed by atoms with Gasteiger partial charge in [-0.25, -0.2) is 0 Å². The molecule has 2 aromatic rings. The van der Waals surface area contributed by atoms with Gasteiger partial charge in [0.1, 0.15) is 5.76 Å². The van der Waals surface area contributed by atoms with Crippen LogP contribution in [0.4, 0.5) is 0 Å². The number of hydrogen-bond donors (Lipinski definition) is 1. The van der Waals surface area contributed by atoms with E-state index in [1.54, 1.807) is 6.26 Å². The van der Waals surface area contributed by atoms with E-state index in [2.05, 4.69) is 35.6 Å². The minimum absolute atomic E-state index is 0.176. The number of furan rings is 1. The summed E-state index contributed by atoms with van der Waals surface area (Å²) >= 11 is 0. The highest BCUT2D eigenvalue weighted by Crippen LogP contribution is 2.33. The average molecular weight is 255 g/mol. The molecule has 3 rings (SSSR count). The minimum Gasteiger partial charge on any atom is -0.467 e. The fourth-order valence-corrected chi connectivity index (χ4v) is 2.53. The lowest BCUT2D eigenvalue weighted by Crippen LogP contribution is -2.23. The van der Waals surface area contributed by atoms with Gasteiger partial charge in [-0.1, -0.05) is 43.2 Å². The molecule has 0 spiro atoms. The van der Waals surface area contributed by atoms with Crippen LogP contribution in [0.15, 0.2) is 53.1 Å². The van der Waals surface area contributed by atoms with Gasteiger partial charge in [0, 0.05) is 0 Å². The Labute approximate surface area is 114 Å². The Balaban J connectivity index is 1.62. The number of hydrogen-bond acceptors (Lipinski definition) is 2. The molecule has 1 aliphatic carbocycles.